The van der Waals surface area contributed by atoms with Gasteiger partial charge in [0.25, 0.3) is 0 Å². The Hall–Kier alpha value is -2.59. The van der Waals surface area contributed by atoms with Crippen molar-refractivity contribution in [2.75, 3.05) is 37.6 Å². The molecular weight excluding hydrogens is 344 g/mol. The zero-order valence-electron chi connectivity index (χ0n) is 16.4. The lowest BCUT2D eigenvalue weighted by atomic mass is 9.90. The van der Waals surface area contributed by atoms with Crippen LogP contribution >= 0.6 is 0 Å². The number of anilines is 1. The van der Waals surface area contributed by atoms with E-state index in [1.54, 1.807) is 0 Å². The van der Waals surface area contributed by atoms with E-state index in [4.69, 9.17) is 5.10 Å². The molecule has 3 aromatic rings. The minimum Gasteiger partial charge on any atom is -0.352 e. The Morgan fingerprint density at radius 1 is 0.857 bits per heavy atom. The second kappa shape index (κ2) is 7.80. The molecule has 4 nitrogen and oxygen atoms in total. The van der Waals surface area contributed by atoms with Crippen LogP contribution in [-0.4, -0.2) is 47.8 Å². The number of nitrogens with zero attached hydrogens (tertiary/aromatic N) is 3. The fraction of sp³-hybridized carbons (Fsp3) is 0.375. The van der Waals surface area contributed by atoms with Crippen LogP contribution in [0.1, 0.15) is 23.1 Å². The van der Waals surface area contributed by atoms with Crippen LogP contribution in [0.4, 0.5) is 5.82 Å². The molecule has 1 aliphatic heterocycles. The van der Waals surface area contributed by atoms with Crippen molar-refractivity contribution in [2.45, 2.75) is 25.7 Å². The van der Waals surface area contributed by atoms with Crippen molar-refractivity contribution in [2.24, 2.45) is 0 Å². The minimum atomic E-state index is 1.07. The van der Waals surface area contributed by atoms with E-state index in [2.05, 4.69) is 69.5 Å². The summed E-state index contributed by atoms with van der Waals surface area (Å²) in [5.41, 5.74) is 6.87. The van der Waals surface area contributed by atoms with Gasteiger partial charge < -0.3 is 4.90 Å². The number of fused-ring (bicyclic) bond motifs is 3. The Kier molecular flexibility index (Phi) is 4.88. The third kappa shape index (κ3) is 3.45. The lowest BCUT2D eigenvalue weighted by Crippen LogP contribution is -2.47. The Morgan fingerprint density at radius 2 is 1.64 bits per heavy atom. The van der Waals surface area contributed by atoms with Crippen LogP contribution in [0, 0.1) is 0 Å². The summed E-state index contributed by atoms with van der Waals surface area (Å²) < 4.78 is 0. The number of aromatic amines is 1. The maximum Gasteiger partial charge on any atom is 0.154 e. The van der Waals surface area contributed by atoms with Crippen LogP contribution in [0.15, 0.2) is 54.6 Å². The Labute approximate surface area is 167 Å². The van der Waals surface area contributed by atoms with Crippen molar-refractivity contribution in [3.8, 4) is 11.3 Å². The zero-order valence-corrected chi connectivity index (χ0v) is 16.4. The molecule has 1 fully saturated rings. The van der Waals surface area contributed by atoms with Crippen molar-refractivity contribution >= 4 is 5.82 Å². The number of piperazine rings is 1. The van der Waals surface area contributed by atoms with Gasteiger partial charge in [-0.1, -0.05) is 54.6 Å². The van der Waals surface area contributed by atoms with Gasteiger partial charge in [0, 0.05) is 37.3 Å². The van der Waals surface area contributed by atoms with Crippen LogP contribution < -0.4 is 4.90 Å². The first-order valence-electron chi connectivity index (χ1n) is 10.6. The molecule has 2 aromatic carbocycles. The molecule has 2 aliphatic rings. The van der Waals surface area contributed by atoms with E-state index >= 15 is 0 Å². The molecule has 0 unspecified atom stereocenters. The van der Waals surface area contributed by atoms with Crippen LogP contribution in [0.2, 0.25) is 0 Å². The average Bonchev–Trinajstić information content (AvgIpc) is 3.20. The van der Waals surface area contributed by atoms with Crippen molar-refractivity contribution in [1.82, 2.24) is 15.1 Å². The number of hydrogen-bond acceptors (Lipinski definition) is 3. The second-order valence-corrected chi connectivity index (χ2v) is 7.98. The summed E-state index contributed by atoms with van der Waals surface area (Å²) >= 11 is 0. The number of nitrogens with one attached hydrogen (secondary N) is 1. The number of benzene rings is 2. The van der Waals surface area contributed by atoms with Crippen molar-refractivity contribution in [3.63, 3.8) is 0 Å². The van der Waals surface area contributed by atoms with Crippen LogP contribution in [0.25, 0.3) is 11.3 Å². The van der Waals surface area contributed by atoms with E-state index in [1.807, 2.05) is 0 Å². The number of aromatic nitrogens is 2. The summed E-state index contributed by atoms with van der Waals surface area (Å²) in [4.78, 5) is 5.09. The van der Waals surface area contributed by atoms with Gasteiger partial charge in [0.05, 0.1) is 5.69 Å². The molecule has 1 aromatic heterocycles. The fourth-order valence-electron chi connectivity index (χ4n) is 4.65. The molecular formula is C24H28N4. The predicted octanol–water partition coefficient (Wildman–Crippen LogP) is 3.93. The van der Waals surface area contributed by atoms with Gasteiger partial charge in [0.1, 0.15) is 0 Å². The normalized spacial score (nSPS) is 16.6. The molecule has 144 valence electrons. The lowest BCUT2D eigenvalue weighted by Gasteiger charge is -2.35. The molecule has 28 heavy (non-hydrogen) atoms. The smallest absolute Gasteiger partial charge is 0.154 e. The number of hydrogen-bond donors (Lipinski definition) is 1. The van der Waals surface area contributed by atoms with E-state index in [9.17, 15) is 0 Å². The zero-order chi connectivity index (χ0) is 18.8. The third-order valence-corrected chi connectivity index (χ3v) is 6.23. The summed E-state index contributed by atoms with van der Waals surface area (Å²) in [6.07, 6.45) is 4.62. The highest BCUT2D eigenvalue weighted by molar-refractivity contribution is 5.74. The minimum absolute atomic E-state index is 1.07. The van der Waals surface area contributed by atoms with Gasteiger partial charge in [-0.2, -0.15) is 5.10 Å². The summed E-state index contributed by atoms with van der Waals surface area (Å²) in [5.74, 6) is 1.19. The quantitative estimate of drug-likeness (QED) is 0.737. The van der Waals surface area contributed by atoms with Gasteiger partial charge in [0.15, 0.2) is 5.82 Å². The van der Waals surface area contributed by atoms with Crippen molar-refractivity contribution < 1.29 is 0 Å². The van der Waals surface area contributed by atoms with Gasteiger partial charge in [-0.15, -0.1) is 0 Å². The van der Waals surface area contributed by atoms with Gasteiger partial charge in [-0.05, 0) is 43.4 Å². The first-order valence-corrected chi connectivity index (χ1v) is 10.6. The van der Waals surface area contributed by atoms with E-state index in [1.165, 1.54) is 53.2 Å². The van der Waals surface area contributed by atoms with Gasteiger partial charge in [-0.25, -0.2) is 0 Å². The number of rotatable bonds is 5. The van der Waals surface area contributed by atoms with E-state index in [0.29, 0.717) is 0 Å². The Balaban J connectivity index is 1.19. The van der Waals surface area contributed by atoms with Crippen LogP contribution in [-0.2, 0) is 19.3 Å². The summed E-state index contributed by atoms with van der Waals surface area (Å²) in [5, 5.41) is 8.07. The first-order chi connectivity index (χ1) is 13.9. The summed E-state index contributed by atoms with van der Waals surface area (Å²) in [6.45, 7) is 5.60. The maximum atomic E-state index is 4.73. The number of H-pyrrole nitrogens is 1. The maximum absolute atomic E-state index is 4.73. The Bertz CT molecular complexity index is 923. The molecule has 0 atom stereocenters. The summed E-state index contributed by atoms with van der Waals surface area (Å²) in [6, 6.07) is 19.6. The highest BCUT2D eigenvalue weighted by Crippen LogP contribution is 2.36. The van der Waals surface area contributed by atoms with Gasteiger partial charge in [0.2, 0.25) is 0 Å². The number of aryl methyl sites for hydroxylation is 2. The van der Waals surface area contributed by atoms with E-state index < -0.39 is 0 Å². The molecule has 4 heteroatoms. The van der Waals surface area contributed by atoms with E-state index in [0.717, 1.165) is 39.0 Å². The predicted molar refractivity (Wildman–Crippen MR) is 115 cm³/mol. The monoisotopic (exact) mass is 372 g/mol. The van der Waals surface area contributed by atoms with Gasteiger partial charge in [-0.3, -0.25) is 10.00 Å². The SMILES string of the molecule is c1ccc(CCCN2CCN(c3n[nH]c4c3CCc3ccccc3-4)CC2)cc1. The highest BCUT2D eigenvalue weighted by atomic mass is 15.3. The molecule has 0 saturated carbocycles. The standard InChI is InChI=1S/C24H28N4/c1-2-7-19(8-3-1)9-6-14-27-15-17-28(18-16-27)24-22-13-12-20-10-4-5-11-21(20)23(22)25-26-24/h1-5,7-8,10-11H,6,9,12-18H2,(H,25,26). The molecule has 0 spiro atoms. The van der Waals surface area contributed by atoms with Crippen molar-refractivity contribution in [1.29, 1.82) is 0 Å². The second-order valence-electron chi connectivity index (χ2n) is 7.98. The van der Waals surface area contributed by atoms with Crippen LogP contribution in [0.3, 0.4) is 0 Å². The average molecular weight is 373 g/mol. The molecule has 5 rings (SSSR count). The molecule has 2 heterocycles. The van der Waals surface area contributed by atoms with Crippen LogP contribution in [0.5, 0.6) is 0 Å². The van der Waals surface area contributed by atoms with Gasteiger partial charge >= 0.3 is 0 Å². The fourth-order valence-corrected chi connectivity index (χ4v) is 4.65. The largest absolute Gasteiger partial charge is 0.352 e. The molecule has 1 N–H and O–H groups in total. The molecule has 1 saturated heterocycles. The molecule has 1 aliphatic carbocycles. The highest BCUT2D eigenvalue weighted by Gasteiger charge is 2.26. The van der Waals surface area contributed by atoms with Crippen molar-refractivity contribution in [3.05, 3.63) is 71.3 Å². The molecule has 0 amide bonds. The summed E-state index contributed by atoms with van der Waals surface area (Å²) in [7, 11) is 0. The first kappa shape index (κ1) is 17.5. The third-order valence-electron chi connectivity index (χ3n) is 6.23. The molecule has 0 bridgehead atoms. The van der Waals surface area contributed by atoms with E-state index in [-0.39, 0.29) is 0 Å². The Morgan fingerprint density at radius 3 is 2.50 bits per heavy atom. The topological polar surface area (TPSA) is 35.2 Å². The lowest BCUT2D eigenvalue weighted by molar-refractivity contribution is 0.254. The molecule has 0 radical (unpaired) electrons.